The molecule has 0 fully saturated rings. The third kappa shape index (κ3) is 2.47. The first-order valence-corrected chi connectivity index (χ1v) is 4.94. The zero-order chi connectivity index (χ0) is 10.7. The van der Waals surface area contributed by atoms with E-state index in [1.807, 2.05) is 26.0 Å². The van der Waals surface area contributed by atoms with Gasteiger partial charge in [-0.05, 0) is 26.0 Å². The van der Waals surface area contributed by atoms with Crippen molar-refractivity contribution in [1.29, 1.82) is 0 Å². The van der Waals surface area contributed by atoms with E-state index in [-0.39, 0.29) is 6.04 Å². The molecule has 4 heteroatoms. The molecule has 2 aromatic heterocycles. The summed E-state index contributed by atoms with van der Waals surface area (Å²) in [6.07, 6.45) is 3.39. The van der Waals surface area contributed by atoms with Crippen LogP contribution in [-0.2, 0) is 6.54 Å². The van der Waals surface area contributed by atoms with Crippen molar-refractivity contribution in [2.45, 2.75) is 26.4 Å². The van der Waals surface area contributed by atoms with E-state index < -0.39 is 0 Å². The second-order valence-electron chi connectivity index (χ2n) is 3.49. The maximum absolute atomic E-state index is 5.41. The van der Waals surface area contributed by atoms with Crippen molar-refractivity contribution in [3.63, 3.8) is 0 Å². The highest BCUT2D eigenvalue weighted by atomic mass is 16.4. The average molecular weight is 206 g/mol. The Bertz CT molecular complexity index is 406. The van der Waals surface area contributed by atoms with Gasteiger partial charge in [-0.1, -0.05) is 0 Å². The predicted molar refractivity (Wildman–Crippen MR) is 55.2 cm³/mol. The van der Waals surface area contributed by atoms with Gasteiger partial charge in [0.25, 0.3) is 0 Å². The van der Waals surface area contributed by atoms with Gasteiger partial charge in [0.1, 0.15) is 11.5 Å². The van der Waals surface area contributed by atoms with E-state index in [0.29, 0.717) is 12.4 Å². The second kappa shape index (κ2) is 4.31. The van der Waals surface area contributed by atoms with Crippen LogP contribution in [0.3, 0.4) is 0 Å². The molecule has 2 rings (SSSR count). The normalized spacial score (nSPS) is 12.9. The summed E-state index contributed by atoms with van der Waals surface area (Å²) >= 11 is 0. The van der Waals surface area contributed by atoms with Gasteiger partial charge in [-0.3, -0.25) is 5.32 Å². The molecule has 0 aliphatic heterocycles. The van der Waals surface area contributed by atoms with E-state index in [4.69, 9.17) is 8.83 Å². The van der Waals surface area contributed by atoms with Crippen LogP contribution in [0.2, 0.25) is 0 Å². The van der Waals surface area contributed by atoms with Crippen molar-refractivity contribution < 1.29 is 8.83 Å². The number of nitrogens with zero attached hydrogens (tertiary/aromatic N) is 1. The average Bonchev–Trinajstić information content (AvgIpc) is 2.84. The van der Waals surface area contributed by atoms with E-state index in [0.717, 1.165) is 11.5 Å². The van der Waals surface area contributed by atoms with Crippen molar-refractivity contribution >= 4 is 0 Å². The number of nitrogens with one attached hydrogen (secondary N) is 1. The third-order valence-electron chi connectivity index (χ3n) is 2.17. The maximum atomic E-state index is 5.41. The monoisotopic (exact) mass is 206 g/mol. The van der Waals surface area contributed by atoms with Gasteiger partial charge in [-0.25, -0.2) is 4.98 Å². The van der Waals surface area contributed by atoms with E-state index in [9.17, 15) is 0 Å². The van der Waals surface area contributed by atoms with Gasteiger partial charge in [0.05, 0.1) is 25.0 Å². The molecule has 4 nitrogen and oxygen atoms in total. The van der Waals surface area contributed by atoms with Gasteiger partial charge in [-0.15, -0.1) is 0 Å². The van der Waals surface area contributed by atoms with Crippen LogP contribution in [0, 0.1) is 6.92 Å². The molecule has 15 heavy (non-hydrogen) atoms. The van der Waals surface area contributed by atoms with Gasteiger partial charge in [0.2, 0.25) is 5.89 Å². The highest BCUT2D eigenvalue weighted by molar-refractivity contribution is 4.99. The Kier molecular flexibility index (Phi) is 2.87. The highest BCUT2D eigenvalue weighted by Crippen LogP contribution is 2.12. The zero-order valence-corrected chi connectivity index (χ0v) is 8.86. The summed E-state index contributed by atoms with van der Waals surface area (Å²) in [5.41, 5.74) is 0. The van der Waals surface area contributed by atoms with Crippen LogP contribution in [0.1, 0.15) is 30.4 Å². The standard InChI is InChI=1S/C11H14N2O2/c1-8-6-13-11(15-8)9(2)12-7-10-4-3-5-14-10/h3-6,9,12H,7H2,1-2H3. The third-order valence-corrected chi connectivity index (χ3v) is 2.17. The van der Waals surface area contributed by atoms with Gasteiger partial charge in [0, 0.05) is 0 Å². The number of aromatic nitrogens is 1. The molecule has 2 heterocycles. The van der Waals surface area contributed by atoms with Crippen LogP contribution in [0.5, 0.6) is 0 Å². The van der Waals surface area contributed by atoms with Crippen molar-refractivity contribution in [3.05, 3.63) is 42.0 Å². The Labute approximate surface area is 88.3 Å². The molecule has 1 atom stereocenters. The highest BCUT2D eigenvalue weighted by Gasteiger charge is 2.10. The molecule has 1 N–H and O–H groups in total. The molecule has 0 aromatic carbocycles. The first-order chi connectivity index (χ1) is 7.25. The van der Waals surface area contributed by atoms with Gasteiger partial charge in [-0.2, -0.15) is 0 Å². The lowest BCUT2D eigenvalue weighted by Gasteiger charge is -2.08. The summed E-state index contributed by atoms with van der Waals surface area (Å²) in [5, 5.41) is 3.26. The van der Waals surface area contributed by atoms with Crippen LogP contribution < -0.4 is 5.32 Å². The molecule has 0 aliphatic rings. The van der Waals surface area contributed by atoms with Gasteiger partial charge in [0.15, 0.2) is 0 Å². The smallest absolute Gasteiger partial charge is 0.211 e. The Morgan fingerprint density at radius 1 is 1.53 bits per heavy atom. The maximum Gasteiger partial charge on any atom is 0.211 e. The summed E-state index contributed by atoms with van der Waals surface area (Å²) in [6, 6.07) is 3.89. The predicted octanol–water partition coefficient (Wildman–Crippen LogP) is 2.43. The summed E-state index contributed by atoms with van der Waals surface area (Å²) in [7, 11) is 0. The van der Waals surface area contributed by atoms with E-state index in [1.54, 1.807) is 12.5 Å². The summed E-state index contributed by atoms with van der Waals surface area (Å²) in [6.45, 7) is 4.57. The number of rotatable bonds is 4. The fraction of sp³-hybridized carbons (Fsp3) is 0.364. The molecule has 0 saturated heterocycles. The molecule has 1 unspecified atom stereocenters. The topological polar surface area (TPSA) is 51.2 Å². The minimum Gasteiger partial charge on any atom is -0.468 e. The van der Waals surface area contributed by atoms with Crippen LogP contribution in [0.4, 0.5) is 0 Å². The van der Waals surface area contributed by atoms with E-state index in [2.05, 4.69) is 10.3 Å². The van der Waals surface area contributed by atoms with Gasteiger partial charge < -0.3 is 8.83 Å². The lowest BCUT2D eigenvalue weighted by molar-refractivity contribution is 0.386. The Hall–Kier alpha value is -1.55. The number of hydrogen-bond donors (Lipinski definition) is 1. The SMILES string of the molecule is Cc1cnc(C(C)NCc2ccco2)o1. The molecule has 0 spiro atoms. The van der Waals surface area contributed by atoms with Crippen LogP contribution in [0.15, 0.2) is 33.4 Å². The molecular formula is C11H14N2O2. The van der Waals surface area contributed by atoms with Crippen LogP contribution in [-0.4, -0.2) is 4.98 Å². The van der Waals surface area contributed by atoms with Crippen LogP contribution in [0.25, 0.3) is 0 Å². The van der Waals surface area contributed by atoms with E-state index in [1.165, 1.54) is 0 Å². The molecule has 0 amide bonds. The Balaban J connectivity index is 1.90. The van der Waals surface area contributed by atoms with E-state index >= 15 is 0 Å². The lowest BCUT2D eigenvalue weighted by atomic mass is 10.3. The Morgan fingerprint density at radius 2 is 2.40 bits per heavy atom. The first kappa shape index (κ1) is 9.98. The molecular weight excluding hydrogens is 192 g/mol. The fourth-order valence-corrected chi connectivity index (χ4v) is 1.33. The Morgan fingerprint density at radius 3 is 3.00 bits per heavy atom. The number of furan rings is 1. The van der Waals surface area contributed by atoms with Crippen LogP contribution >= 0.6 is 0 Å². The lowest BCUT2D eigenvalue weighted by Crippen LogP contribution is -2.17. The van der Waals surface area contributed by atoms with Crippen molar-refractivity contribution in [2.75, 3.05) is 0 Å². The quantitative estimate of drug-likeness (QED) is 0.834. The molecule has 2 aromatic rings. The molecule has 0 radical (unpaired) electrons. The minimum atomic E-state index is 0.0869. The number of aryl methyl sites for hydroxylation is 1. The van der Waals surface area contributed by atoms with Crippen molar-refractivity contribution in [1.82, 2.24) is 10.3 Å². The van der Waals surface area contributed by atoms with Crippen molar-refractivity contribution in [2.24, 2.45) is 0 Å². The second-order valence-corrected chi connectivity index (χ2v) is 3.49. The molecule has 0 saturated carbocycles. The molecule has 80 valence electrons. The zero-order valence-electron chi connectivity index (χ0n) is 8.86. The fourth-order valence-electron chi connectivity index (χ4n) is 1.33. The number of oxazole rings is 1. The first-order valence-electron chi connectivity index (χ1n) is 4.94. The minimum absolute atomic E-state index is 0.0869. The molecule has 0 aliphatic carbocycles. The van der Waals surface area contributed by atoms with Crippen molar-refractivity contribution in [3.8, 4) is 0 Å². The molecule has 0 bridgehead atoms. The van der Waals surface area contributed by atoms with Gasteiger partial charge >= 0.3 is 0 Å². The number of hydrogen-bond acceptors (Lipinski definition) is 4. The summed E-state index contributed by atoms with van der Waals surface area (Å²) in [5.74, 6) is 2.45. The largest absolute Gasteiger partial charge is 0.468 e. The summed E-state index contributed by atoms with van der Waals surface area (Å²) < 4.78 is 10.6. The summed E-state index contributed by atoms with van der Waals surface area (Å²) in [4.78, 5) is 4.16.